The van der Waals surface area contributed by atoms with Crippen LogP contribution in [-0.4, -0.2) is 22.2 Å². The van der Waals surface area contributed by atoms with Gasteiger partial charge < -0.3 is 14.5 Å². The Balaban J connectivity index is 1.54. The molecule has 1 heterocycles. The molecule has 0 radical (unpaired) electrons. The van der Waals surface area contributed by atoms with Gasteiger partial charge in [-0.25, -0.2) is 0 Å². The van der Waals surface area contributed by atoms with Gasteiger partial charge in [-0.3, -0.25) is 4.79 Å². The summed E-state index contributed by atoms with van der Waals surface area (Å²) in [5.41, 5.74) is 3.34. The number of aryl methyl sites for hydroxylation is 1. The number of carbonyl (C=O) groups excluding carboxylic acids is 1. The van der Waals surface area contributed by atoms with Crippen molar-refractivity contribution in [2.45, 2.75) is 26.4 Å². The van der Waals surface area contributed by atoms with E-state index in [9.17, 15) is 4.79 Å². The molecule has 0 spiro atoms. The molecule has 156 valence electrons. The molecule has 31 heavy (non-hydrogen) atoms. The molecule has 0 aliphatic carbocycles. The van der Waals surface area contributed by atoms with Crippen LogP contribution in [-0.2, 0) is 4.79 Å². The Morgan fingerprint density at radius 3 is 2.35 bits per heavy atom. The Labute approximate surface area is 180 Å². The van der Waals surface area contributed by atoms with Gasteiger partial charge in [0.2, 0.25) is 5.89 Å². The number of nitrogens with one attached hydrogen (secondary N) is 1. The van der Waals surface area contributed by atoms with Gasteiger partial charge in [0.1, 0.15) is 5.75 Å². The summed E-state index contributed by atoms with van der Waals surface area (Å²) in [6.45, 7) is 3.91. The van der Waals surface area contributed by atoms with Gasteiger partial charge >= 0.3 is 0 Å². The maximum atomic E-state index is 12.8. The van der Waals surface area contributed by atoms with Crippen LogP contribution >= 0.6 is 0 Å². The fourth-order valence-corrected chi connectivity index (χ4v) is 3.11. The number of para-hydroxylation sites is 1. The Hall–Kier alpha value is -3.93. The molecule has 3 aromatic carbocycles. The summed E-state index contributed by atoms with van der Waals surface area (Å²) in [6.07, 6.45) is -0.163. The SMILES string of the molecule is CC[C@H](Oc1ccccc1-c1nnc(-c2ccccc2)o1)C(=O)Nc1ccc(C)cc1. The van der Waals surface area contributed by atoms with Crippen molar-refractivity contribution in [3.8, 4) is 28.7 Å². The predicted octanol–water partition coefficient (Wildman–Crippen LogP) is 5.51. The molecule has 1 aromatic heterocycles. The lowest BCUT2D eigenvalue weighted by Crippen LogP contribution is -2.32. The van der Waals surface area contributed by atoms with Gasteiger partial charge in [-0.2, -0.15) is 0 Å². The van der Waals surface area contributed by atoms with Crippen molar-refractivity contribution in [1.29, 1.82) is 0 Å². The first kappa shape index (κ1) is 20.3. The van der Waals surface area contributed by atoms with Crippen molar-refractivity contribution in [2.24, 2.45) is 0 Å². The molecule has 6 nitrogen and oxygen atoms in total. The van der Waals surface area contributed by atoms with Crippen LogP contribution in [0.1, 0.15) is 18.9 Å². The third-order valence-corrected chi connectivity index (χ3v) is 4.81. The van der Waals surface area contributed by atoms with E-state index < -0.39 is 6.10 Å². The van der Waals surface area contributed by atoms with Crippen LogP contribution in [0.3, 0.4) is 0 Å². The molecule has 4 rings (SSSR count). The molecule has 0 unspecified atom stereocenters. The van der Waals surface area contributed by atoms with E-state index >= 15 is 0 Å². The van der Waals surface area contributed by atoms with Gasteiger partial charge in [0, 0.05) is 11.3 Å². The quantitative estimate of drug-likeness (QED) is 0.432. The molecular weight excluding hydrogens is 390 g/mol. The van der Waals surface area contributed by atoms with E-state index in [1.165, 1.54) is 0 Å². The minimum Gasteiger partial charge on any atom is -0.480 e. The number of anilines is 1. The monoisotopic (exact) mass is 413 g/mol. The van der Waals surface area contributed by atoms with Crippen molar-refractivity contribution in [2.75, 3.05) is 5.32 Å². The third kappa shape index (κ3) is 4.80. The highest BCUT2D eigenvalue weighted by molar-refractivity contribution is 5.94. The van der Waals surface area contributed by atoms with E-state index in [4.69, 9.17) is 9.15 Å². The fourth-order valence-electron chi connectivity index (χ4n) is 3.11. The first-order chi connectivity index (χ1) is 15.1. The molecule has 0 saturated heterocycles. The topological polar surface area (TPSA) is 77.2 Å². The summed E-state index contributed by atoms with van der Waals surface area (Å²) < 4.78 is 12.0. The van der Waals surface area contributed by atoms with Gasteiger partial charge in [0.15, 0.2) is 6.10 Å². The van der Waals surface area contributed by atoms with E-state index in [0.29, 0.717) is 29.5 Å². The van der Waals surface area contributed by atoms with Gasteiger partial charge in [-0.15, -0.1) is 10.2 Å². The predicted molar refractivity (Wildman–Crippen MR) is 120 cm³/mol. The lowest BCUT2D eigenvalue weighted by Gasteiger charge is -2.18. The van der Waals surface area contributed by atoms with E-state index in [1.807, 2.05) is 86.6 Å². The largest absolute Gasteiger partial charge is 0.480 e. The molecule has 0 aliphatic heterocycles. The molecule has 1 atom stereocenters. The van der Waals surface area contributed by atoms with Crippen molar-refractivity contribution < 1.29 is 13.9 Å². The fraction of sp³-hybridized carbons (Fsp3) is 0.160. The molecule has 0 saturated carbocycles. The normalized spacial score (nSPS) is 11.7. The standard InChI is InChI=1S/C25H23N3O3/c1-3-21(23(29)26-19-15-13-17(2)14-16-19)30-22-12-8-7-11-20(22)25-28-27-24(31-25)18-9-5-4-6-10-18/h4-16,21H,3H2,1-2H3,(H,26,29)/t21-/m0/s1. The molecule has 0 fully saturated rings. The second kappa shape index (κ2) is 9.26. The van der Waals surface area contributed by atoms with Crippen molar-refractivity contribution in [3.05, 3.63) is 84.4 Å². The summed E-state index contributed by atoms with van der Waals surface area (Å²) in [7, 11) is 0. The van der Waals surface area contributed by atoms with Gasteiger partial charge in [-0.05, 0) is 49.7 Å². The van der Waals surface area contributed by atoms with Crippen molar-refractivity contribution in [1.82, 2.24) is 10.2 Å². The molecule has 0 bridgehead atoms. The lowest BCUT2D eigenvalue weighted by molar-refractivity contribution is -0.122. The number of hydrogen-bond acceptors (Lipinski definition) is 5. The summed E-state index contributed by atoms with van der Waals surface area (Å²) in [4.78, 5) is 12.8. The first-order valence-electron chi connectivity index (χ1n) is 10.2. The Morgan fingerprint density at radius 1 is 0.935 bits per heavy atom. The Kier molecular flexibility index (Phi) is 6.08. The molecule has 0 aliphatic rings. The minimum atomic E-state index is -0.668. The van der Waals surface area contributed by atoms with Crippen molar-refractivity contribution >= 4 is 11.6 Å². The molecule has 4 aromatic rings. The van der Waals surface area contributed by atoms with Gasteiger partial charge in [0.05, 0.1) is 5.56 Å². The zero-order chi connectivity index (χ0) is 21.6. The highest BCUT2D eigenvalue weighted by Gasteiger charge is 2.22. The van der Waals surface area contributed by atoms with Crippen LogP contribution < -0.4 is 10.1 Å². The van der Waals surface area contributed by atoms with Crippen molar-refractivity contribution in [3.63, 3.8) is 0 Å². The summed E-state index contributed by atoms with van der Waals surface area (Å²) in [5.74, 6) is 1.06. The maximum Gasteiger partial charge on any atom is 0.265 e. The molecular formula is C25H23N3O3. The second-order valence-corrected chi connectivity index (χ2v) is 7.14. The maximum absolute atomic E-state index is 12.8. The van der Waals surface area contributed by atoms with E-state index in [-0.39, 0.29) is 5.91 Å². The Morgan fingerprint density at radius 2 is 1.61 bits per heavy atom. The van der Waals surface area contributed by atoms with E-state index in [1.54, 1.807) is 6.07 Å². The van der Waals surface area contributed by atoms with Crippen LogP contribution in [0, 0.1) is 6.92 Å². The average molecular weight is 413 g/mol. The number of aromatic nitrogens is 2. The van der Waals surface area contributed by atoms with E-state index in [0.717, 1.165) is 16.8 Å². The number of amides is 1. The first-order valence-corrected chi connectivity index (χ1v) is 10.2. The lowest BCUT2D eigenvalue weighted by atomic mass is 10.2. The highest BCUT2D eigenvalue weighted by atomic mass is 16.5. The van der Waals surface area contributed by atoms with Crippen LogP contribution in [0.4, 0.5) is 5.69 Å². The third-order valence-electron chi connectivity index (χ3n) is 4.81. The van der Waals surface area contributed by atoms with Crippen LogP contribution in [0.15, 0.2) is 83.3 Å². The number of rotatable bonds is 7. The number of carbonyl (C=O) groups is 1. The van der Waals surface area contributed by atoms with Crippen LogP contribution in [0.5, 0.6) is 5.75 Å². The van der Waals surface area contributed by atoms with E-state index in [2.05, 4.69) is 15.5 Å². The summed E-state index contributed by atoms with van der Waals surface area (Å²) in [5, 5.41) is 11.2. The zero-order valence-electron chi connectivity index (χ0n) is 17.4. The summed E-state index contributed by atoms with van der Waals surface area (Å²) >= 11 is 0. The van der Waals surface area contributed by atoms with Gasteiger partial charge in [-0.1, -0.05) is 55.0 Å². The second-order valence-electron chi connectivity index (χ2n) is 7.14. The minimum absolute atomic E-state index is 0.211. The molecule has 1 amide bonds. The molecule has 1 N–H and O–H groups in total. The summed E-state index contributed by atoms with van der Waals surface area (Å²) in [6, 6.07) is 24.5. The number of nitrogens with zero attached hydrogens (tertiary/aromatic N) is 2. The number of hydrogen-bond donors (Lipinski definition) is 1. The van der Waals surface area contributed by atoms with Crippen LogP contribution in [0.2, 0.25) is 0 Å². The van der Waals surface area contributed by atoms with Crippen LogP contribution in [0.25, 0.3) is 22.9 Å². The molecule has 6 heteroatoms. The number of ether oxygens (including phenoxy) is 1. The Bertz CT molecular complexity index is 1150. The average Bonchev–Trinajstić information content (AvgIpc) is 3.30. The smallest absolute Gasteiger partial charge is 0.265 e. The van der Waals surface area contributed by atoms with Gasteiger partial charge in [0.25, 0.3) is 11.8 Å². The highest BCUT2D eigenvalue weighted by Crippen LogP contribution is 2.32. The zero-order valence-corrected chi connectivity index (χ0v) is 17.4. The number of benzene rings is 3.